The zero-order chi connectivity index (χ0) is 24.9. The Morgan fingerprint density at radius 2 is 1.77 bits per heavy atom. The Morgan fingerprint density at radius 3 is 2.46 bits per heavy atom. The second-order valence-corrected chi connectivity index (χ2v) is 8.75. The van der Waals surface area contributed by atoms with E-state index in [9.17, 15) is 9.59 Å². The molecule has 0 bridgehead atoms. The summed E-state index contributed by atoms with van der Waals surface area (Å²) in [5.74, 6) is 0.595. The predicted octanol–water partition coefficient (Wildman–Crippen LogP) is 6.43. The molecular weight excluding hydrogens is 446 g/mol. The van der Waals surface area contributed by atoms with Gasteiger partial charge in [0.15, 0.2) is 11.5 Å². The van der Waals surface area contributed by atoms with Crippen molar-refractivity contribution in [3.8, 4) is 11.7 Å². The van der Waals surface area contributed by atoms with Crippen LogP contribution in [0, 0.1) is 12.8 Å². The number of ketones is 1. The van der Waals surface area contributed by atoms with Gasteiger partial charge in [0.2, 0.25) is 5.89 Å². The van der Waals surface area contributed by atoms with Gasteiger partial charge >= 0.3 is 5.97 Å². The third kappa shape index (κ3) is 5.42. The molecule has 1 unspecified atom stereocenters. The number of aryl methyl sites for hydroxylation is 1. The lowest BCUT2D eigenvalue weighted by molar-refractivity contribution is -0.137. The van der Waals surface area contributed by atoms with E-state index < -0.39 is 5.97 Å². The normalized spacial score (nSPS) is 13.0. The summed E-state index contributed by atoms with van der Waals surface area (Å²) in [4.78, 5) is 23.0. The molecule has 4 aromatic rings. The van der Waals surface area contributed by atoms with E-state index in [2.05, 4.69) is 29.4 Å². The highest BCUT2D eigenvalue weighted by molar-refractivity contribution is 5.96. The first-order valence-electron chi connectivity index (χ1n) is 11.8. The van der Waals surface area contributed by atoms with E-state index in [0.29, 0.717) is 29.5 Å². The van der Waals surface area contributed by atoms with Crippen molar-refractivity contribution in [2.75, 3.05) is 5.32 Å². The second kappa shape index (κ2) is 10.5. The number of furan rings is 1. The lowest BCUT2D eigenvalue weighted by Gasteiger charge is -2.22. The SMILES string of the molecule is CCC(C)[C@H](Nc1ccc(C(=O)CCCC(=O)O)cc1)c1nnc(-c2oc3ccccc3c2C)o1. The Balaban J connectivity index is 1.51. The quantitative estimate of drug-likeness (QED) is 0.238. The summed E-state index contributed by atoms with van der Waals surface area (Å²) in [5, 5.41) is 21.8. The first kappa shape index (κ1) is 24.2. The number of nitrogens with one attached hydrogen (secondary N) is 1. The Hall–Kier alpha value is -3.94. The van der Waals surface area contributed by atoms with E-state index in [1.165, 1.54) is 0 Å². The van der Waals surface area contributed by atoms with Crippen LogP contribution >= 0.6 is 0 Å². The van der Waals surface area contributed by atoms with Gasteiger partial charge in [-0.05, 0) is 49.6 Å². The van der Waals surface area contributed by atoms with Crippen molar-refractivity contribution in [1.82, 2.24) is 10.2 Å². The summed E-state index contributed by atoms with van der Waals surface area (Å²) in [6.07, 6.45) is 1.41. The number of benzene rings is 2. The Bertz CT molecular complexity index is 1320. The van der Waals surface area contributed by atoms with Crippen LogP contribution in [0.2, 0.25) is 0 Å². The highest BCUT2D eigenvalue weighted by Crippen LogP contribution is 2.34. The van der Waals surface area contributed by atoms with Gasteiger partial charge in [-0.25, -0.2) is 0 Å². The Kier molecular flexibility index (Phi) is 7.29. The average molecular weight is 476 g/mol. The molecule has 2 aromatic carbocycles. The second-order valence-electron chi connectivity index (χ2n) is 8.75. The fraction of sp³-hybridized carbons (Fsp3) is 0.333. The van der Waals surface area contributed by atoms with Crippen molar-refractivity contribution in [3.05, 3.63) is 65.5 Å². The van der Waals surface area contributed by atoms with Crippen LogP contribution in [0.4, 0.5) is 5.69 Å². The highest BCUT2D eigenvalue weighted by atomic mass is 16.4. The number of hydrogen-bond donors (Lipinski definition) is 2. The maximum atomic E-state index is 12.3. The fourth-order valence-corrected chi connectivity index (χ4v) is 3.99. The third-order valence-corrected chi connectivity index (χ3v) is 6.28. The standard InChI is InChI=1S/C27H29N3O5/c1-4-16(2)24(28-19-14-12-18(13-15-19)21(31)9-7-11-23(32)33)26-29-30-27(35-26)25-17(3)20-8-5-6-10-22(20)34-25/h5-6,8,10,12-16,24,28H,4,7,9,11H2,1-3H3,(H,32,33)/t16?,24-/m0/s1. The number of nitrogens with zero attached hydrogens (tertiary/aromatic N) is 2. The van der Waals surface area contributed by atoms with Crippen molar-refractivity contribution in [3.63, 3.8) is 0 Å². The molecule has 0 radical (unpaired) electrons. The van der Waals surface area contributed by atoms with Crippen molar-refractivity contribution in [1.29, 1.82) is 0 Å². The van der Waals surface area contributed by atoms with E-state index in [0.717, 1.165) is 28.6 Å². The highest BCUT2D eigenvalue weighted by Gasteiger charge is 2.26. The van der Waals surface area contributed by atoms with Gasteiger partial charge in [-0.1, -0.05) is 38.5 Å². The molecule has 4 rings (SSSR count). The number of aromatic nitrogens is 2. The van der Waals surface area contributed by atoms with Crippen LogP contribution in [0.5, 0.6) is 0 Å². The fourth-order valence-electron chi connectivity index (χ4n) is 3.99. The van der Waals surface area contributed by atoms with E-state index in [1.807, 2.05) is 43.3 Å². The summed E-state index contributed by atoms with van der Waals surface area (Å²) < 4.78 is 12.1. The number of para-hydroxylation sites is 1. The first-order chi connectivity index (χ1) is 16.9. The predicted molar refractivity (Wildman–Crippen MR) is 132 cm³/mol. The molecule has 182 valence electrons. The third-order valence-electron chi connectivity index (χ3n) is 6.28. The van der Waals surface area contributed by atoms with Crippen LogP contribution < -0.4 is 5.32 Å². The molecule has 0 fully saturated rings. The minimum Gasteiger partial charge on any atom is -0.481 e. The number of carboxylic acid groups (broad SMARTS) is 1. The van der Waals surface area contributed by atoms with E-state index >= 15 is 0 Å². The van der Waals surface area contributed by atoms with Crippen LogP contribution in [0.25, 0.3) is 22.6 Å². The van der Waals surface area contributed by atoms with Gasteiger partial charge in [-0.3, -0.25) is 9.59 Å². The maximum Gasteiger partial charge on any atom is 0.303 e. The van der Waals surface area contributed by atoms with Gasteiger partial charge in [0.1, 0.15) is 11.6 Å². The number of hydrogen-bond acceptors (Lipinski definition) is 7. The van der Waals surface area contributed by atoms with Gasteiger partial charge in [-0.15, -0.1) is 10.2 Å². The molecule has 2 N–H and O–H groups in total. The smallest absolute Gasteiger partial charge is 0.303 e. The number of aliphatic carboxylic acids is 1. The van der Waals surface area contributed by atoms with Gasteiger partial charge in [0, 0.05) is 35.0 Å². The molecule has 0 aliphatic heterocycles. The average Bonchev–Trinajstić information content (AvgIpc) is 3.47. The molecule has 0 saturated heterocycles. The molecular formula is C27H29N3O5. The van der Waals surface area contributed by atoms with Crippen LogP contribution in [0.1, 0.15) is 67.4 Å². The number of anilines is 1. The minimum atomic E-state index is -0.895. The molecule has 0 aliphatic carbocycles. The number of carbonyl (C=O) groups excluding carboxylic acids is 1. The monoisotopic (exact) mass is 475 g/mol. The summed E-state index contributed by atoms with van der Waals surface area (Å²) in [6, 6.07) is 14.7. The lowest BCUT2D eigenvalue weighted by atomic mass is 9.98. The summed E-state index contributed by atoms with van der Waals surface area (Å²) in [5.41, 5.74) is 3.10. The lowest BCUT2D eigenvalue weighted by Crippen LogP contribution is -2.19. The molecule has 2 atom stereocenters. The number of carbonyl (C=O) groups is 2. The van der Waals surface area contributed by atoms with Crippen LogP contribution in [0.3, 0.4) is 0 Å². The van der Waals surface area contributed by atoms with Gasteiger partial charge < -0.3 is 19.3 Å². The van der Waals surface area contributed by atoms with Crippen molar-refractivity contribution in [2.45, 2.75) is 52.5 Å². The Morgan fingerprint density at radius 1 is 1.03 bits per heavy atom. The summed E-state index contributed by atoms with van der Waals surface area (Å²) in [7, 11) is 0. The van der Waals surface area contributed by atoms with Crippen LogP contribution in [-0.4, -0.2) is 27.1 Å². The number of carboxylic acids is 1. The number of Topliss-reactive ketones (excluding diaryl/α,β-unsaturated/α-hetero) is 1. The van der Waals surface area contributed by atoms with E-state index in [1.54, 1.807) is 12.1 Å². The Labute approximate surface area is 203 Å². The topological polar surface area (TPSA) is 118 Å². The van der Waals surface area contributed by atoms with Crippen molar-refractivity contribution >= 4 is 28.4 Å². The summed E-state index contributed by atoms with van der Waals surface area (Å²) >= 11 is 0. The number of rotatable bonds is 11. The van der Waals surface area contributed by atoms with Crippen molar-refractivity contribution < 1.29 is 23.5 Å². The first-order valence-corrected chi connectivity index (χ1v) is 11.8. The van der Waals surface area contributed by atoms with Gasteiger partial charge in [0.05, 0.1) is 0 Å². The zero-order valence-electron chi connectivity index (χ0n) is 20.1. The van der Waals surface area contributed by atoms with Gasteiger partial charge in [-0.2, -0.15) is 0 Å². The van der Waals surface area contributed by atoms with E-state index in [4.69, 9.17) is 13.9 Å². The van der Waals surface area contributed by atoms with Crippen LogP contribution in [0.15, 0.2) is 57.4 Å². The maximum absolute atomic E-state index is 12.3. The molecule has 8 heteroatoms. The minimum absolute atomic E-state index is 0.0122. The van der Waals surface area contributed by atoms with Gasteiger partial charge in [0.25, 0.3) is 5.89 Å². The largest absolute Gasteiger partial charge is 0.481 e. The molecule has 2 aromatic heterocycles. The molecule has 0 spiro atoms. The van der Waals surface area contributed by atoms with Crippen LogP contribution in [-0.2, 0) is 4.79 Å². The molecule has 8 nitrogen and oxygen atoms in total. The zero-order valence-corrected chi connectivity index (χ0v) is 20.1. The number of fused-ring (bicyclic) bond motifs is 1. The molecule has 35 heavy (non-hydrogen) atoms. The van der Waals surface area contributed by atoms with E-state index in [-0.39, 0.29) is 30.6 Å². The van der Waals surface area contributed by atoms with Crippen molar-refractivity contribution in [2.24, 2.45) is 5.92 Å². The molecule has 0 saturated carbocycles. The molecule has 2 heterocycles. The summed E-state index contributed by atoms with van der Waals surface area (Å²) in [6.45, 7) is 6.17. The molecule has 0 amide bonds. The molecule has 0 aliphatic rings.